The molecule has 104 valence electrons. The lowest BCUT2D eigenvalue weighted by atomic mass is 10.0. The zero-order valence-corrected chi connectivity index (χ0v) is 11.4. The zero-order chi connectivity index (χ0) is 13.9. The van der Waals surface area contributed by atoms with Crippen LogP contribution in [0.4, 0.5) is 10.1 Å². The number of anilines is 1. The summed E-state index contributed by atoms with van der Waals surface area (Å²) in [6.07, 6.45) is 0. The highest BCUT2D eigenvalue weighted by atomic mass is 19.1. The van der Waals surface area contributed by atoms with Crippen molar-refractivity contribution in [2.75, 3.05) is 31.5 Å². The molecule has 1 fully saturated rings. The Morgan fingerprint density at radius 2 is 2.05 bits per heavy atom. The van der Waals surface area contributed by atoms with Gasteiger partial charge in [0.05, 0.1) is 5.54 Å². The van der Waals surface area contributed by atoms with Crippen molar-refractivity contribution in [3.8, 4) is 0 Å². The van der Waals surface area contributed by atoms with Crippen LogP contribution in [-0.2, 0) is 4.79 Å². The second-order valence-corrected chi connectivity index (χ2v) is 5.26. The van der Waals surface area contributed by atoms with E-state index in [9.17, 15) is 9.18 Å². The molecule has 1 aliphatic heterocycles. The van der Waals surface area contributed by atoms with Gasteiger partial charge in [0, 0.05) is 31.9 Å². The Morgan fingerprint density at radius 1 is 1.37 bits per heavy atom. The summed E-state index contributed by atoms with van der Waals surface area (Å²) in [5.74, 6) is -0.460. The van der Waals surface area contributed by atoms with Crippen LogP contribution in [0.15, 0.2) is 24.3 Å². The van der Waals surface area contributed by atoms with Gasteiger partial charge in [0.2, 0.25) is 5.91 Å². The van der Waals surface area contributed by atoms with Gasteiger partial charge in [0.25, 0.3) is 0 Å². The monoisotopic (exact) mass is 265 g/mol. The number of hydrogen-bond acceptors (Lipinski definition) is 3. The molecule has 0 spiro atoms. The third kappa shape index (κ3) is 3.30. The summed E-state index contributed by atoms with van der Waals surface area (Å²) in [6, 6.07) is 5.96. The summed E-state index contributed by atoms with van der Waals surface area (Å²) in [7, 11) is 0. The van der Waals surface area contributed by atoms with Gasteiger partial charge in [-0.05, 0) is 32.0 Å². The highest BCUT2D eigenvalue weighted by molar-refractivity contribution is 5.97. The van der Waals surface area contributed by atoms with E-state index in [4.69, 9.17) is 0 Å². The maximum absolute atomic E-state index is 13.1. The lowest BCUT2D eigenvalue weighted by Crippen LogP contribution is -2.58. The molecular weight excluding hydrogens is 245 g/mol. The van der Waals surface area contributed by atoms with Crippen molar-refractivity contribution in [2.45, 2.75) is 19.4 Å². The normalized spacial score (nSPS) is 17.2. The Morgan fingerprint density at radius 3 is 2.68 bits per heavy atom. The Hall–Kier alpha value is -1.46. The summed E-state index contributed by atoms with van der Waals surface area (Å²) < 4.78 is 13.1. The Balaban J connectivity index is 2.05. The van der Waals surface area contributed by atoms with Gasteiger partial charge >= 0.3 is 0 Å². The number of carbonyl (C=O) groups is 1. The smallest absolute Gasteiger partial charge is 0.244 e. The number of nitrogens with one attached hydrogen (secondary N) is 2. The molecule has 0 radical (unpaired) electrons. The van der Waals surface area contributed by atoms with E-state index in [2.05, 4.69) is 15.5 Å². The molecule has 0 atom stereocenters. The number of amides is 1. The van der Waals surface area contributed by atoms with E-state index in [1.807, 2.05) is 13.8 Å². The largest absolute Gasteiger partial charge is 0.324 e. The van der Waals surface area contributed by atoms with Gasteiger partial charge in [-0.15, -0.1) is 0 Å². The lowest BCUT2D eigenvalue weighted by molar-refractivity contribution is -0.126. The lowest BCUT2D eigenvalue weighted by Gasteiger charge is -2.39. The van der Waals surface area contributed by atoms with E-state index in [1.165, 1.54) is 12.1 Å². The second-order valence-electron chi connectivity index (χ2n) is 5.26. The first-order valence-electron chi connectivity index (χ1n) is 6.53. The summed E-state index contributed by atoms with van der Waals surface area (Å²) in [5.41, 5.74) is -0.109. The molecule has 2 rings (SSSR count). The number of hydrogen-bond donors (Lipinski definition) is 2. The predicted octanol–water partition coefficient (Wildman–Crippen LogP) is 1.45. The van der Waals surface area contributed by atoms with Crippen LogP contribution in [0.1, 0.15) is 13.8 Å². The third-order valence-electron chi connectivity index (χ3n) is 3.55. The van der Waals surface area contributed by atoms with E-state index in [0.717, 1.165) is 26.2 Å². The average molecular weight is 265 g/mol. The highest BCUT2D eigenvalue weighted by Crippen LogP contribution is 2.18. The standard InChI is InChI=1S/C14H20FN3O/c1-14(2,18-8-6-16-7-9-18)13(19)17-12-5-3-4-11(15)10-12/h3-5,10,16H,6-9H2,1-2H3,(H,17,19). The second kappa shape index (κ2) is 5.67. The van der Waals surface area contributed by atoms with Gasteiger partial charge in [-0.25, -0.2) is 4.39 Å². The van der Waals surface area contributed by atoms with Gasteiger partial charge in [-0.2, -0.15) is 0 Å². The number of rotatable bonds is 3. The molecule has 1 aromatic rings. The van der Waals surface area contributed by atoms with Crippen LogP contribution in [0.2, 0.25) is 0 Å². The van der Waals surface area contributed by atoms with Gasteiger partial charge in [0.1, 0.15) is 5.82 Å². The summed E-state index contributed by atoms with van der Waals surface area (Å²) in [5, 5.41) is 6.04. The summed E-state index contributed by atoms with van der Waals surface area (Å²) in [6.45, 7) is 7.24. The van der Waals surface area contributed by atoms with Crippen LogP contribution in [0.3, 0.4) is 0 Å². The maximum Gasteiger partial charge on any atom is 0.244 e. The Kier molecular flexibility index (Phi) is 4.17. The highest BCUT2D eigenvalue weighted by Gasteiger charge is 2.35. The average Bonchev–Trinajstić information content (AvgIpc) is 2.39. The molecule has 4 nitrogen and oxygen atoms in total. The molecule has 0 aromatic heterocycles. The number of nitrogens with zero attached hydrogens (tertiary/aromatic N) is 1. The topological polar surface area (TPSA) is 44.4 Å². The Bertz CT molecular complexity index is 456. The van der Waals surface area contributed by atoms with Crippen molar-refractivity contribution in [1.82, 2.24) is 10.2 Å². The molecule has 0 aliphatic carbocycles. The van der Waals surface area contributed by atoms with E-state index in [-0.39, 0.29) is 11.7 Å². The minimum Gasteiger partial charge on any atom is -0.324 e. The van der Waals surface area contributed by atoms with Crippen molar-refractivity contribution >= 4 is 11.6 Å². The van der Waals surface area contributed by atoms with Crippen LogP contribution < -0.4 is 10.6 Å². The van der Waals surface area contributed by atoms with Crippen molar-refractivity contribution in [1.29, 1.82) is 0 Å². The van der Waals surface area contributed by atoms with Gasteiger partial charge in [-0.1, -0.05) is 6.07 Å². The van der Waals surface area contributed by atoms with E-state index in [0.29, 0.717) is 5.69 Å². The molecule has 0 bridgehead atoms. The molecule has 1 amide bonds. The van der Waals surface area contributed by atoms with Crippen molar-refractivity contribution < 1.29 is 9.18 Å². The zero-order valence-electron chi connectivity index (χ0n) is 11.4. The minimum atomic E-state index is -0.603. The van der Waals surface area contributed by atoms with Crippen LogP contribution in [0, 0.1) is 5.82 Å². The van der Waals surface area contributed by atoms with E-state index < -0.39 is 5.54 Å². The fourth-order valence-corrected chi connectivity index (χ4v) is 2.22. The Labute approximate surface area is 113 Å². The number of carbonyl (C=O) groups excluding carboxylic acids is 1. The minimum absolute atomic E-state index is 0.111. The summed E-state index contributed by atoms with van der Waals surface area (Å²) >= 11 is 0. The fraction of sp³-hybridized carbons (Fsp3) is 0.500. The first-order chi connectivity index (χ1) is 9.00. The van der Waals surface area contributed by atoms with Crippen LogP contribution in [0.5, 0.6) is 0 Å². The SMILES string of the molecule is CC(C)(C(=O)Nc1cccc(F)c1)N1CCNCC1. The molecule has 1 aromatic carbocycles. The molecule has 19 heavy (non-hydrogen) atoms. The third-order valence-corrected chi connectivity index (χ3v) is 3.55. The molecule has 1 saturated heterocycles. The predicted molar refractivity (Wildman–Crippen MR) is 73.6 cm³/mol. The number of halogens is 1. The molecular formula is C14H20FN3O. The molecule has 1 heterocycles. The maximum atomic E-state index is 13.1. The fourth-order valence-electron chi connectivity index (χ4n) is 2.22. The van der Waals surface area contributed by atoms with Crippen molar-refractivity contribution in [3.05, 3.63) is 30.1 Å². The molecule has 5 heteroatoms. The van der Waals surface area contributed by atoms with Gasteiger partial charge < -0.3 is 10.6 Å². The van der Waals surface area contributed by atoms with Crippen LogP contribution in [-0.4, -0.2) is 42.5 Å². The van der Waals surface area contributed by atoms with E-state index >= 15 is 0 Å². The first-order valence-corrected chi connectivity index (χ1v) is 6.53. The number of piperazine rings is 1. The molecule has 0 saturated carbocycles. The first kappa shape index (κ1) is 14.0. The molecule has 0 unspecified atom stereocenters. The number of benzene rings is 1. The van der Waals surface area contributed by atoms with Gasteiger partial charge in [-0.3, -0.25) is 9.69 Å². The summed E-state index contributed by atoms with van der Waals surface area (Å²) in [4.78, 5) is 14.5. The van der Waals surface area contributed by atoms with Gasteiger partial charge in [0.15, 0.2) is 0 Å². The molecule has 1 aliphatic rings. The van der Waals surface area contributed by atoms with E-state index in [1.54, 1.807) is 12.1 Å². The van der Waals surface area contributed by atoms with Crippen LogP contribution >= 0.6 is 0 Å². The molecule has 2 N–H and O–H groups in total. The van der Waals surface area contributed by atoms with Crippen LogP contribution in [0.25, 0.3) is 0 Å². The van der Waals surface area contributed by atoms with Crippen molar-refractivity contribution in [2.24, 2.45) is 0 Å². The quantitative estimate of drug-likeness (QED) is 0.869. The van der Waals surface area contributed by atoms with Crippen molar-refractivity contribution in [3.63, 3.8) is 0 Å².